The van der Waals surface area contributed by atoms with E-state index in [4.69, 9.17) is 0 Å². The van der Waals surface area contributed by atoms with Crippen molar-refractivity contribution in [3.05, 3.63) is 0 Å². The summed E-state index contributed by atoms with van der Waals surface area (Å²) in [5.74, 6) is 0.552. The molecule has 0 aromatic carbocycles. The van der Waals surface area contributed by atoms with Crippen LogP contribution in [0.3, 0.4) is 0 Å². The Labute approximate surface area is 118 Å². The summed E-state index contributed by atoms with van der Waals surface area (Å²) < 4.78 is 27.1. The largest absolute Gasteiger partial charge is 0.313 e. The molecule has 0 aromatic rings. The minimum Gasteiger partial charge on any atom is -0.313 e. The molecule has 0 saturated heterocycles. The summed E-state index contributed by atoms with van der Waals surface area (Å²) in [5, 5.41) is 3.03. The monoisotopic (exact) mass is 288 g/mol. The predicted molar refractivity (Wildman–Crippen MR) is 78.6 cm³/mol. The fourth-order valence-corrected chi connectivity index (χ4v) is 3.98. The van der Waals surface area contributed by atoms with Crippen LogP contribution < -0.4 is 5.32 Å². The van der Waals surface area contributed by atoms with E-state index in [1.54, 1.807) is 4.31 Å². The average Bonchev–Trinajstić information content (AvgIpc) is 3.18. The zero-order chi connectivity index (χ0) is 14.0. The third kappa shape index (κ3) is 4.43. The molecule has 2 aliphatic carbocycles. The molecule has 0 bridgehead atoms. The summed E-state index contributed by atoms with van der Waals surface area (Å²) in [5.41, 5.74) is 0. The second-order valence-corrected chi connectivity index (χ2v) is 8.87. The van der Waals surface area contributed by atoms with Crippen LogP contribution >= 0.6 is 0 Å². The Hall–Kier alpha value is -0.130. The lowest BCUT2D eigenvalue weighted by Gasteiger charge is -2.26. The highest BCUT2D eigenvalue weighted by Gasteiger charge is 2.39. The number of rotatable bonds is 9. The number of hydrogen-bond donors (Lipinski definition) is 1. The van der Waals surface area contributed by atoms with Gasteiger partial charge in [-0.2, -0.15) is 4.31 Å². The van der Waals surface area contributed by atoms with Crippen LogP contribution in [0.1, 0.15) is 52.9 Å². The van der Waals surface area contributed by atoms with E-state index in [9.17, 15) is 8.42 Å². The van der Waals surface area contributed by atoms with E-state index >= 15 is 0 Å². The van der Waals surface area contributed by atoms with Crippen molar-refractivity contribution in [3.8, 4) is 0 Å². The van der Waals surface area contributed by atoms with Crippen molar-refractivity contribution in [1.82, 2.24) is 9.62 Å². The Kier molecular flexibility index (Phi) is 4.90. The van der Waals surface area contributed by atoms with E-state index in [0.29, 0.717) is 25.0 Å². The Morgan fingerprint density at radius 3 is 2.26 bits per heavy atom. The van der Waals surface area contributed by atoms with Crippen molar-refractivity contribution in [2.24, 2.45) is 5.92 Å². The van der Waals surface area contributed by atoms with E-state index in [0.717, 1.165) is 19.3 Å². The molecule has 2 fully saturated rings. The summed E-state index contributed by atoms with van der Waals surface area (Å²) in [6.07, 6.45) is 5.44. The van der Waals surface area contributed by atoms with Gasteiger partial charge < -0.3 is 5.32 Å². The van der Waals surface area contributed by atoms with Crippen LogP contribution in [0.5, 0.6) is 0 Å². The second kappa shape index (κ2) is 6.10. The smallest absolute Gasteiger partial charge is 0.218 e. The molecule has 4 nitrogen and oxygen atoms in total. The molecule has 0 aromatic heterocycles. The van der Waals surface area contributed by atoms with E-state index in [-0.39, 0.29) is 11.3 Å². The molecule has 1 atom stereocenters. The summed E-state index contributed by atoms with van der Waals surface area (Å²) in [6, 6.07) is 0.856. The molecule has 0 amide bonds. The Balaban J connectivity index is 1.92. The minimum atomic E-state index is -3.13. The number of nitrogens with one attached hydrogen (secondary N) is 1. The van der Waals surface area contributed by atoms with E-state index in [2.05, 4.69) is 19.2 Å². The third-order valence-electron chi connectivity index (χ3n) is 3.99. The molecule has 0 heterocycles. The van der Waals surface area contributed by atoms with Gasteiger partial charge in [-0.05, 0) is 44.9 Å². The van der Waals surface area contributed by atoms with Crippen molar-refractivity contribution in [3.63, 3.8) is 0 Å². The van der Waals surface area contributed by atoms with Gasteiger partial charge in [0, 0.05) is 25.2 Å². The Morgan fingerprint density at radius 1 is 1.16 bits per heavy atom. The number of hydrogen-bond acceptors (Lipinski definition) is 3. The van der Waals surface area contributed by atoms with E-state index in [1.807, 2.05) is 6.92 Å². The molecule has 0 aliphatic heterocycles. The van der Waals surface area contributed by atoms with Gasteiger partial charge in [0.25, 0.3) is 0 Å². The Morgan fingerprint density at radius 2 is 1.79 bits per heavy atom. The van der Waals surface area contributed by atoms with Crippen LogP contribution in [0, 0.1) is 5.92 Å². The van der Waals surface area contributed by atoms with Crippen LogP contribution in [0.4, 0.5) is 0 Å². The van der Waals surface area contributed by atoms with Gasteiger partial charge in [-0.15, -0.1) is 0 Å². The molecule has 0 spiro atoms. The molecule has 1 unspecified atom stereocenters. The van der Waals surface area contributed by atoms with Gasteiger partial charge >= 0.3 is 0 Å². The maximum absolute atomic E-state index is 12.6. The maximum Gasteiger partial charge on any atom is 0.218 e. The number of nitrogens with zero attached hydrogens (tertiary/aromatic N) is 1. The van der Waals surface area contributed by atoms with Crippen LogP contribution in [0.2, 0.25) is 0 Å². The molecule has 1 N–H and O–H groups in total. The van der Waals surface area contributed by atoms with Gasteiger partial charge in [0.2, 0.25) is 10.0 Å². The Bertz CT molecular complexity index is 386. The molecule has 0 radical (unpaired) electrons. The lowest BCUT2D eigenvalue weighted by atomic mass is 10.1. The van der Waals surface area contributed by atoms with Crippen LogP contribution in [-0.2, 0) is 10.0 Å². The van der Waals surface area contributed by atoms with Gasteiger partial charge in [0.15, 0.2) is 0 Å². The van der Waals surface area contributed by atoms with Gasteiger partial charge in [-0.25, -0.2) is 8.42 Å². The van der Waals surface area contributed by atoms with Crippen LogP contribution in [0.25, 0.3) is 0 Å². The fraction of sp³-hybridized carbons (Fsp3) is 1.00. The number of sulfonamides is 1. The predicted octanol–water partition coefficient (Wildman–Crippen LogP) is 1.97. The average molecular weight is 288 g/mol. The minimum absolute atomic E-state index is 0.284. The van der Waals surface area contributed by atoms with Crippen LogP contribution in [-0.4, -0.2) is 43.1 Å². The second-order valence-electron chi connectivity index (χ2n) is 6.56. The highest BCUT2D eigenvalue weighted by Crippen LogP contribution is 2.31. The summed E-state index contributed by atoms with van der Waals surface area (Å²) in [6.45, 7) is 7.43. The van der Waals surface area contributed by atoms with Crippen LogP contribution in [0.15, 0.2) is 0 Å². The lowest BCUT2D eigenvalue weighted by Crippen LogP contribution is -2.44. The molecule has 2 rings (SSSR count). The van der Waals surface area contributed by atoms with E-state index in [1.165, 1.54) is 12.8 Å². The third-order valence-corrected chi connectivity index (χ3v) is 6.31. The maximum atomic E-state index is 12.6. The first-order chi connectivity index (χ1) is 8.91. The van der Waals surface area contributed by atoms with Gasteiger partial charge in [0.05, 0.1) is 5.25 Å². The van der Waals surface area contributed by atoms with Crippen molar-refractivity contribution in [2.45, 2.75) is 70.2 Å². The lowest BCUT2D eigenvalue weighted by molar-refractivity contribution is 0.367. The van der Waals surface area contributed by atoms with Gasteiger partial charge in [-0.1, -0.05) is 13.8 Å². The molecule has 2 aliphatic rings. The molecule has 112 valence electrons. The first kappa shape index (κ1) is 15.3. The summed E-state index contributed by atoms with van der Waals surface area (Å²) in [7, 11) is -3.13. The first-order valence-electron chi connectivity index (χ1n) is 7.65. The molecular weight excluding hydrogens is 260 g/mol. The summed E-state index contributed by atoms with van der Waals surface area (Å²) >= 11 is 0. The van der Waals surface area contributed by atoms with Gasteiger partial charge in [-0.3, -0.25) is 0 Å². The quantitative estimate of drug-likeness (QED) is 0.705. The summed E-state index contributed by atoms with van der Waals surface area (Å²) in [4.78, 5) is 0. The highest BCUT2D eigenvalue weighted by molar-refractivity contribution is 7.89. The molecule has 19 heavy (non-hydrogen) atoms. The molecule has 5 heteroatoms. The molecule has 2 saturated carbocycles. The molecular formula is C14H28N2O2S. The SMILES string of the molecule is CC(C)CCN(C1CC1)S(=O)(=O)C(C)CNC1CC1. The fourth-order valence-electron chi connectivity index (χ4n) is 2.22. The zero-order valence-corrected chi connectivity index (χ0v) is 13.2. The van der Waals surface area contributed by atoms with Crippen molar-refractivity contribution < 1.29 is 8.42 Å². The van der Waals surface area contributed by atoms with Crippen molar-refractivity contribution >= 4 is 10.0 Å². The van der Waals surface area contributed by atoms with Crippen molar-refractivity contribution in [2.75, 3.05) is 13.1 Å². The highest BCUT2D eigenvalue weighted by atomic mass is 32.2. The normalized spacial score (nSPS) is 22.2. The topological polar surface area (TPSA) is 49.4 Å². The van der Waals surface area contributed by atoms with E-state index < -0.39 is 10.0 Å². The van der Waals surface area contributed by atoms with Gasteiger partial charge in [0.1, 0.15) is 0 Å². The first-order valence-corrected chi connectivity index (χ1v) is 9.15. The standard InChI is InChI=1S/C14H28N2O2S/c1-11(2)8-9-16(14-6-7-14)19(17,18)12(3)10-15-13-4-5-13/h11-15H,4-10H2,1-3H3. The van der Waals surface area contributed by atoms with Crippen molar-refractivity contribution in [1.29, 1.82) is 0 Å². The zero-order valence-electron chi connectivity index (χ0n) is 12.4.